The van der Waals surface area contributed by atoms with Crippen molar-refractivity contribution < 1.29 is 27.4 Å². The number of aliphatic imine (C=N–C) groups is 3. The number of aromatic nitrogens is 9. The number of likely N-dealkylation sites (tertiary alicyclic amines) is 3. The van der Waals surface area contributed by atoms with Crippen LogP contribution in [-0.4, -0.2) is 190 Å². The summed E-state index contributed by atoms with van der Waals surface area (Å²) in [5.74, 6) is 2.46. The number of ether oxygens (including phenoxy) is 2. The monoisotopic (exact) mass is 2050 g/mol. The molecule has 11 heterocycles. The van der Waals surface area contributed by atoms with E-state index >= 15 is 13.2 Å². The molecular formula is C114H146Cl3F3N20O6. The lowest BCUT2D eigenvalue weighted by atomic mass is 9.87. The Balaban J connectivity index is 0.000000165. The number of rotatable bonds is 38. The third-order valence-electron chi connectivity index (χ3n) is 29.4. The van der Waals surface area contributed by atoms with Crippen molar-refractivity contribution in [2.24, 2.45) is 61.6 Å². The third kappa shape index (κ3) is 28.9. The second kappa shape index (κ2) is 51.7. The van der Waals surface area contributed by atoms with Crippen molar-refractivity contribution in [3.8, 4) is 50.8 Å². The van der Waals surface area contributed by atoms with Gasteiger partial charge in [-0.05, 0) is 310 Å². The van der Waals surface area contributed by atoms with Gasteiger partial charge in [0.2, 0.25) is 5.91 Å². The van der Waals surface area contributed by atoms with Crippen LogP contribution < -0.4 is 40.0 Å². The van der Waals surface area contributed by atoms with Crippen LogP contribution in [0.25, 0.3) is 83.9 Å². The van der Waals surface area contributed by atoms with Gasteiger partial charge >= 0.3 is 17.1 Å². The number of aromatic amines is 3. The second-order valence-corrected chi connectivity index (χ2v) is 43.0. The molecule has 0 bridgehead atoms. The summed E-state index contributed by atoms with van der Waals surface area (Å²) in [6.07, 6.45) is 29.8. The Bertz CT molecular complexity index is 6420. The summed E-state index contributed by atoms with van der Waals surface area (Å²) in [4.78, 5) is 97.5. The number of amides is 1. The van der Waals surface area contributed by atoms with E-state index in [1.54, 1.807) is 58.9 Å². The Kier molecular flexibility index (Phi) is 38.6. The third-order valence-corrected chi connectivity index (χ3v) is 30.3. The largest absolute Gasteiger partial charge is 0.388 e. The number of aryl methyl sites for hydroxylation is 3. The first kappa shape index (κ1) is 109. The highest BCUT2D eigenvalue weighted by atomic mass is 35.5. The van der Waals surface area contributed by atoms with Gasteiger partial charge in [-0.3, -0.25) is 53.1 Å². The SMILES string of the molecule is CC(N)=NCC[C@@H]1CCC[C@@H](c2ccc(-n3cc4cc(-c5cc(CCCC(C)C)cc(Cl)c5F)[nH]c4nc3=O)cc2)N1CC(N)=O.CC(N)=NCC[C@@H]1CCC[C@@H](c2ccc(-n3cc4cc(-c5cc(CCCC(C)C)cc(Cl)c5F)[nH]c4nc3=O)cc2)N1CCC1CCOCC1.CC(N)=NCC[C@@H]1CCC[C@@H](c2ccc(-n3cc4cc(-c5cc(CCCC(C)C)cc(Cl)c5F)[nH]c4nc3=O)cc2)N1CCN1CCOCC1. The minimum Gasteiger partial charge on any atom is -0.388 e. The summed E-state index contributed by atoms with van der Waals surface area (Å²) in [6, 6.07) is 42.1. The number of H-pyrrole nitrogens is 3. The zero-order valence-corrected chi connectivity index (χ0v) is 88.4. The van der Waals surface area contributed by atoms with Gasteiger partial charge in [-0.1, -0.05) is 132 Å². The molecule has 780 valence electrons. The van der Waals surface area contributed by atoms with Crippen LogP contribution >= 0.6 is 34.8 Å². The molecule has 26 nitrogen and oxygen atoms in total. The molecule has 0 spiro atoms. The number of benzene rings is 6. The summed E-state index contributed by atoms with van der Waals surface area (Å²) < 4.78 is 61.6. The van der Waals surface area contributed by atoms with Crippen molar-refractivity contribution >= 4 is 91.3 Å². The van der Waals surface area contributed by atoms with Gasteiger partial charge in [0.1, 0.15) is 16.9 Å². The smallest absolute Gasteiger partial charge is 0.354 e. The fraction of sp³-hybridized carbons (Fsp3) is 0.491. The maximum Gasteiger partial charge on any atom is 0.354 e. The average Bonchev–Trinajstić information content (AvgIpc) is 1.59. The molecule has 17 rings (SSSR count). The van der Waals surface area contributed by atoms with Crippen molar-refractivity contribution in [3.05, 3.63) is 243 Å². The molecule has 12 aromatic rings. The lowest BCUT2D eigenvalue weighted by Gasteiger charge is -2.43. The molecule has 146 heavy (non-hydrogen) atoms. The molecule has 11 N–H and O–H groups in total. The molecule has 6 aromatic carbocycles. The van der Waals surface area contributed by atoms with E-state index in [0.717, 1.165) is 241 Å². The number of hydrogen-bond acceptors (Lipinski definition) is 16. The van der Waals surface area contributed by atoms with Gasteiger partial charge in [0, 0.05) is 147 Å². The highest BCUT2D eigenvalue weighted by Gasteiger charge is 2.37. The number of morpholine rings is 1. The molecule has 5 fully saturated rings. The molecule has 5 saturated heterocycles. The number of nitrogens with one attached hydrogen (secondary N) is 3. The molecule has 0 aliphatic carbocycles. The first-order valence-electron chi connectivity index (χ1n) is 52.7. The van der Waals surface area contributed by atoms with E-state index in [4.69, 9.17) is 67.2 Å². The molecule has 5 aliphatic rings. The molecule has 0 saturated carbocycles. The molecule has 5 aliphatic heterocycles. The van der Waals surface area contributed by atoms with Crippen molar-refractivity contribution in [2.45, 2.75) is 253 Å². The fourth-order valence-electron chi connectivity index (χ4n) is 21.8. The highest BCUT2D eigenvalue weighted by molar-refractivity contribution is 6.32. The van der Waals surface area contributed by atoms with Gasteiger partial charge in [-0.2, -0.15) is 15.0 Å². The van der Waals surface area contributed by atoms with Gasteiger partial charge in [0.05, 0.1) is 86.5 Å². The number of carbonyl (C=O) groups excluding carboxylic acids is 1. The molecule has 6 aromatic heterocycles. The fourth-order valence-corrected chi connectivity index (χ4v) is 22.5. The average molecular weight is 2060 g/mol. The van der Waals surface area contributed by atoms with Crippen LogP contribution in [0.2, 0.25) is 15.1 Å². The van der Waals surface area contributed by atoms with Crippen LogP contribution in [0, 0.1) is 41.1 Å². The summed E-state index contributed by atoms with van der Waals surface area (Å²) in [6.45, 7) is 29.1. The number of nitrogens with two attached hydrogens (primary N) is 4. The zero-order chi connectivity index (χ0) is 103. The van der Waals surface area contributed by atoms with Gasteiger partial charge < -0.3 is 47.4 Å². The van der Waals surface area contributed by atoms with Crippen molar-refractivity contribution in [3.63, 3.8) is 0 Å². The lowest BCUT2D eigenvalue weighted by Crippen LogP contribution is -2.47. The van der Waals surface area contributed by atoms with Crippen molar-refractivity contribution in [1.29, 1.82) is 0 Å². The standard InChI is InChI=1S/C40H52ClFN6O2.C39H51ClFN7O2.C35H43ClFN7O2/c1-26(2)6-4-7-29-22-34(38(42)35(41)23-29)36-24-31-25-48(40(49)46-39(31)45-36)33-12-10-30(11-13-33)37-9-5-8-32(14-18-44-27(3)43)47(37)19-15-28-16-20-50-21-17-28;1-26(2)6-4-7-28-22-33(37(41)34(40)23-28)35-24-30-25-48(39(49)45-38(30)44-35)32-12-10-29(11-13-32)36-9-5-8-31(14-15-43-27(3)42)47(36)17-16-46-18-20-50-21-19-46;1-21(2)6-4-7-23-16-28(33(37)29(36)17-23)30-18-25-19-44(35(46)42-34(25)41-30)27-12-10-24(11-13-27)31-9-5-8-26(14-15-40-22(3)38)43(31)20-32(39)45/h10-13,22-26,28,32,37H,4-9,14-21H2,1-3H3,(H2,43,44)(H,45,46,49);10-13,22-26,31,36H,4-9,14-21H2,1-3H3,(H2,42,43)(H,44,45,49);10-13,16-19,21,26,31H,4-9,14-15,20H2,1-3H3,(H2,38,40)(H2,39,45)(H,41,42,46)/t32-,37-;31-,36-;26-,31-/m000/s1. The van der Waals surface area contributed by atoms with E-state index in [-0.39, 0.29) is 45.6 Å². The molecule has 32 heteroatoms. The maximum absolute atomic E-state index is 15.3. The number of nitrogens with zero attached hydrogens (tertiary/aromatic N) is 13. The van der Waals surface area contributed by atoms with Crippen molar-refractivity contribution in [2.75, 3.05) is 85.3 Å². The summed E-state index contributed by atoms with van der Waals surface area (Å²) in [5, 5.41) is 2.35. The van der Waals surface area contributed by atoms with Crippen LogP contribution in [0.15, 0.2) is 175 Å². The minimum atomic E-state index is -0.510. The maximum atomic E-state index is 15.3. The quantitative estimate of drug-likeness (QED) is 0.0140. The molecule has 0 radical (unpaired) electrons. The predicted octanol–water partition coefficient (Wildman–Crippen LogP) is 22.1. The first-order chi connectivity index (χ1) is 70.3. The Labute approximate surface area is 870 Å². The second-order valence-electron chi connectivity index (χ2n) is 41.7. The zero-order valence-electron chi connectivity index (χ0n) is 86.1. The summed E-state index contributed by atoms with van der Waals surface area (Å²) in [5.41, 5.74) is 34.4. The van der Waals surface area contributed by atoms with Crippen molar-refractivity contribution in [1.82, 2.24) is 63.2 Å². The topological polar surface area (TPSA) is 342 Å². The Morgan fingerprint density at radius 2 is 0.740 bits per heavy atom. The van der Waals surface area contributed by atoms with E-state index in [0.29, 0.717) is 138 Å². The van der Waals surface area contributed by atoms with Crippen LogP contribution in [0.4, 0.5) is 13.2 Å². The minimum absolute atomic E-state index is 0.00988. The predicted molar refractivity (Wildman–Crippen MR) is 586 cm³/mol. The van der Waals surface area contributed by atoms with Gasteiger partial charge in [-0.15, -0.1) is 0 Å². The van der Waals surface area contributed by atoms with Gasteiger partial charge in [0.15, 0.2) is 17.5 Å². The van der Waals surface area contributed by atoms with E-state index in [1.807, 2.05) is 92.7 Å². The lowest BCUT2D eigenvalue weighted by molar-refractivity contribution is -0.121. The van der Waals surface area contributed by atoms with E-state index in [9.17, 15) is 19.2 Å². The van der Waals surface area contributed by atoms with E-state index in [1.165, 1.54) is 35.0 Å². The number of primary amides is 1. The summed E-state index contributed by atoms with van der Waals surface area (Å²) >= 11 is 19.0. The Morgan fingerprint density at radius 3 is 1.07 bits per heavy atom. The van der Waals surface area contributed by atoms with Crippen LogP contribution in [-0.2, 0) is 33.5 Å². The van der Waals surface area contributed by atoms with Crippen LogP contribution in [0.5, 0.6) is 0 Å². The number of halogens is 6. The van der Waals surface area contributed by atoms with Crippen LogP contribution in [0.1, 0.15) is 249 Å². The summed E-state index contributed by atoms with van der Waals surface area (Å²) in [7, 11) is 0. The molecule has 0 unspecified atom stereocenters. The first-order valence-corrected chi connectivity index (χ1v) is 53.8. The molecular weight excluding hydrogens is 1910 g/mol. The number of fused-ring (bicyclic) bond motifs is 3. The molecule has 1 amide bonds. The van der Waals surface area contributed by atoms with E-state index < -0.39 is 34.5 Å². The highest BCUT2D eigenvalue weighted by Crippen LogP contribution is 2.43. The van der Waals surface area contributed by atoms with E-state index in [2.05, 4.69) is 130 Å². The number of carbonyl (C=O) groups is 1. The normalized spacial score (nSPS) is 18.9. The van der Waals surface area contributed by atoms with Crippen LogP contribution in [0.3, 0.4) is 0 Å². The Hall–Kier alpha value is -11.1. The molecule has 6 atom stereocenters. The number of piperidine rings is 3. The number of amidine groups is 3. The number of hydrogen-bond donors (Lipinski definition) is 7. The van der Waals surface area contributed by atoms with Gasteiger partial charge in [0.25, 0.3) is 0 Å². The Morgan fingerprint density at radius 1 is 0.418 bits per heavy atom. The van der Waals surface area contributed by atoms with Gasteiger partial charge in [-0.25, -0.2) is 27.6 Å².